The van der Waals surface area contributed by atoms with Gasteiger partial charge in [-0.25, -0.2) is 13.1 Å². The fraction of sp³-hybridized carbons (Fsp3) is 0.381. The molecule has 0 unspecified atom stereocenters. The number of allylic oxidation sites excluding steroid dienone is 3. The third-order valence-electron chi connectivity index (χ3n) is 5.30. The molecule has 1 aromatic rings. The Hall–Kier alpha value is -2.42. The SMILES string of the molecule is O=C(NCc1ccc(S(=O)(=O)NC2CCOCC2)cc1)C1=CN2CC=CC=C2C1. The van der Waals surface area contributed by atoms with Crippen molar-refractivity contribution in [2.75, 3.05) is 19.8 Å². The van der Waals surface area contributed by atoms with Crippen molar-refractivity contribution in [3.63, 3.8) is 0 Å². The number of rotatable bonds is 6. The molecule has 0 bridgehead atoms. The topological polar surface area (TPSA) is 87.7 Å². The number of sulfonamides is 1. The number of nitrogens with zero attached hydrogens (tertiary/aromatic N) is 1. The minimum atomic E-state index is -3.55. The molecular weight excluding hydrogens is 390 g/mol. The molecule has 154 valence electrons. The highest BCUT2D eigenvalue weighted by atomic mass is 32.2. The van der Waals surface area contributed by atoms with Gasteiger partial charge in [0.2, 0.25) is 15.9 Å². The molecule has 3 heterocycles. The molecular formula is C21H25N3O4S. The van der Waals surface area contributed by atoms with Crippen molar-refractivity contribution < 1.29 is 17.9 Å². The largest absolute Gasteiger partial charge is 0.381 e. The zero-order valence-electron chi connectivity index (χ0n) is 16.1. The lowest BCUT2D eigenvalue weighted by atomic mass is 10.1. The van der Waals surface area contributed by atoms with Crippen molar-refractivity contribution in [1.29, 1.82) is 0 Å². The smallest absolute Gasteiger partial charge is 0.249 e. The van der Waals surface area contributed by atoms with Gasteiger partial charge in [-0.1, -0.05) is 24.3 Å². The summed E-state index contributed by atoms with van der Waals surface area (Å²) in [5.74, 6) is -0.0989. The predicted molar refractivity (Wildman–Crippen MR) is 109 cm³/mol. The van der Waals surface area contributed by atoms with Crippen LogP contribution in [0.3, 0.4) is 0 Å². The van der Waals surface area contributed by atoms with Gasteiger partial charge >= 0.3 is 0 Å². The summed E-state index contributed by atoms with van der Waals surface area (Å²) in [6.07, 6.45) is 9.97. The monoisotopic (exact) mass is 415 g/mol. The van der Waals surface area contributed by atoms with Crippen LogP contribution in [0.15, 0.2) is 64.9 Å². The number of nitrogens with one attached hydrogen (secondary N) is 2. The lowest BCUT2D eigenvalue weighted by molar-refractivity contribution is -0.117. The van der Waals surface area contributed by atoms with Crippen molar-refractivity contribution in [1.82, 2.24) is 14.9 Å². The third kappa shape index (κ3) is 4.77. The highest BCUT2D eigenvalue weighted by molar-refractivity contribution is 7.89. The second-order valence-electron chi connectivity index (χ2n) is 7.40. The third-order valence-corrected chi connectivity index (χ3v) is 6.84. The maximum Gasteiger partial charge on any atom is 0.249 e. The van der Waals surface area contributed by atoms with Crippen LogP contribution in [0.25, 0.3) is 0 Å². The minimum absolute atomic E-state index is 0.0860. The van der Waals surface area contributed by atoms with Gasteiger partial charge in [0, 0.05) is 56.2 Å². The van der Waals surface area contributed by atoms with Gasteiger partial charge in [-0.2, -0.15) is 0 Å². The highest BCUT2D eigenvalue weighted by Crippen LogP contribution is 2.27. The molecule has 2 N–H and O–H groups in total. The first kappa shape index (κ1) is 19.9. The van der Waals surface area contributed by atoms with Gasteiger partial charge in [0.05, 0.1) is 4.90 Å². The van der Waals surface area contributed by atoms with E-state index in [-0.39, 0.29) is 16.8 Å². The number of hydrogen-bond donors (Lipinski definition) is 2. The Bertz CT molecular complexity index is 958. The van der Waals surface area contributed by atoms with Crippen LogP contribution < -0.4 is 10.0 Å². The van der Waals surface area contributed by atoms with Crippen LogP contribution in [0.5, 0.6) is 0 Å². The number of amides is 1. The second kappa shape index (κ2) is 8.52. The second-order valence-corrected chi connectivity index (χ2v) is 9.12. The molecule has 1 saturated heterocycles. The average Bonchev–Trinajstić information content (AvgIpc) is 3.17. The van der Waals surface area contributed by atoms with Gasteiger partial charge in [-0.15, -0.1) is 0 Å². The quantitative estimate of drug-likeness (QED) is 0.740. The summed E-state index contributed by atoms with van der Waals surface area (Å²) in [6, 6.07) is 6.54. The van der Waals surface area contributed by atoms with Crippen molar-refractivity contribution in [3.05, 3.63) is 65.5 Å². The van der Waals surface area contributed by atoms with Gasteiger partial charge in [0.25, 0.3) is 0 Å². The van der Waals surface area contributed by atoms with Gasteiger partial charge in [-0.05, 0) is 36.6 Å². The molecule has 0 aliphatic carbocycles. The van der Waals surface area contributed by atoms with Gasteiger partial charge in [0.15, 0.2) is 0 Å². The molecule has 0 aromatic heterocycles. The summed E-state index contributed by atoms with van der Waals surface area (Å²) in [4.78, 5) is 14.7. The average molecular weight is 416 g/mol. The summed E-state index contributed by atoms with van der Waals surface area (Å²) in [7, 11) is -3.55. The number of carbonyl (C=O) groups excluding carboxylic acids is 1. The van der Waals surface area contributed by atoms with Crippen LogP contribution >= 0.6 is 0 Å². The van der Waals surface area contributed by atoms with E-state index in [1.165, 1.54) is 0 Å². The van der Waals surface area contributed by atoms with Crippen LogP contribution in [0.1, 0.15) is 24.8 Å². The van der Waals surface area contributed by atoms with Crippen molar-refractivity contribution >= 4 is 15.9 Å². The number of benzene rings is 1. The maximum absolute atomic E-state index is 12.5. The molecule has 0 saturated carbocycles. The summed E-state index contributed by atoms with van der Waals surface area (Å²) >= 11 is 0. The van der Waals surface area contributed by atoms with Crippen molar-refractivity contribution in [2.24, 2.45) is 0 Å². The van der Waals surface area contributed by atoms with Crippen LogP contribution in [0.2, 0.25) is 0 Å². The van der Waals surface area contributed by atoms with Crippen molar-refractivity contribution in [3.8, 4) is 0 Å². The molecule has 3 aliphatic rings. The van der Waals surface area contributed by atoms with E-state index < -0.39 is 10.0 Å². The van der Waals surface area contributed by atoms with Gasteiger partial charge in [0.1, 0.15) is 0 Å². The Labute approximate surface area is 171 Å². The first-order valence-corrected chi connectivity index (χ1v) is 11.3. The minimum Gasteiger partial charge on any atom is -0.381 e. The van der Waals surface area contributed by atoms with Gasteiger partial charge < -0.3 is 15.0 Å². The lowest BCUT2D eigenvalue weighted by Crippen LogP contribution is -2.38. The van der Waals surface area contributed by atoms with Crippen LogP contribution in [0, 0.1) is 0 Å². The molecule has 1 amide bonds. The van der Waals surface area contributed by atoms with E-state index >= 15 is 0 Å². The maximum atomic E-state index is 12.5. The Kier molecular flexibility index (Phi) is 5.84. The van der Waals surface area contributed by atoms with Crippen LogP contribution in [-0.2, 0) is 26.1 Å². The van der Waals surface area contributed by atoms with E-state index in [9.17, 15) is 13.2 Å². The fourth-order valence-corrected chi connectivity index (χ4v) is 4.92. The van der Waals surface area contributed by atoms with E-state index in [1.807, 2.05) is 24.4 Å². The van der Waals surface area contributed by atoms with Crippen LogP contribution in [-0.4, -0.2) is 45.0 Å². The lowest BCUT2D eigenvalue weighted by Gasteiger charge is -2.23. The summed E-state index contributed by atoms with van der Waals surface area (Å²) in [6.45, 7) is 2.29. The number of carbonyl (C=O) groups is 1. The molecule has 8 heteroatoms. The van der Waals surface area contributed by atoms with E-state index in [1.54, 1.807) is 24.3 Å². The number of hydrogen-bond acceptors (Lipinski definition) is 5. The predicted octanol–water partition coefficient (Wildman–Crippen LogP) is 1.80. The van der Waals surface area contributed by atoms with E-state index in [2.05, 4.69) is 14.9 Å². The van der Waals surface area contributed by atoms with Crippen molar-refractivity contribution in [2.45, 2.75) is 36.7 Å². The summed E-state index contributed by atoms with van der Waals surface area (Å²) in [5.41, 5.74) is 2.71. The Balaban J connectivity index is 1.32. The Morgan fingerprint density at radius 1 is 1.17 bits per heavy atom. The first-order valence-electron chi connectivity index (χ1n) is 9.81. The van der Waals surface area contributed by atoms with Crippen LogP contribution in [0.4, 0.5) is 0 Å². The zero-order valence-corrected chi connectivity index (χ0v) is 17.0. The summed E-state index contributed by atoms with van der Waals surface area (Å²) in [5, 5.41) is 2.91. The zero-order chi connectivity index (χ0) is 20.3. The number of fused-ring (bicyclic) bond motifs is 1. The molecule has 0 radical (unpaired) electrons. The molecule has 3 aliphatic heterocycles. The normalized spacial score (nSPS) is 19.5. The van der Waals surface area contributed by atoms with Gasteiger partial charge in [-0.3, -0.25) is 4.79 Å². The number of ether oxygens (including phenoxy) is 1. The molecule has 0 atom stereocenters. The Morgan fingerprint density at radius 2 is 1.93 bits per heavy atom. The molecule has 0 spiro atoms. The molecule has 1 aromatic carbocycles. The molecule has 29 heavy (non-hydrogen) atoms. The molecule has 4 rings (SSSR count). The molecule has 1 fully saturated rings. The van der Waals surface area contributed by atoms with E-state index in [0.29, 0.717) is 39.0 Å². The Morgan fingerprint density at radius 3 is 2.66 bits per heavy atom. The van der Waals surface area contributed by atoms with E-state index in [0.717, 1.165) is 23.4 Å². The fourth-order valence-electron chi connectivity index (χ4n) is 3.62. The highest BCUT2D eigenvalue weighted by Gasteiger charge is 2.24. The summed E-state index contributed by atoms with van der Waals surface area (Å²) < 4.78 is 33.1. The first-order chi connectivity index (χ1) is 14.0. The standard InChI is InChI=1S/C21H25N3O4S/c25-21(17-13-19-3-1-2-10-24(19)15-17)22-14-16-4-6-20(7-5-16)29(26,27)23-18-8-11-28-12-9-18/h1-7,15,18,23H,8-14H2,(H,22,25). The molecule has 7 nitrogen and oxygen atoms in total. The van der Waals surface area contributed by atoms with E-state index in [4.69, 9.17) is 4.74 Å².